The van der Waals surface area contributed by atoms with E-state index in [0.717, 1.165) is 68.7 Å². The van der Waals surface area contributed by atoms with Gasteiger partial charge in [-0.3, -0.25) is 9.80 Å². The molecule has 1 aromatic carbocycles. The van der Waals surface area contributed by atoms with Crippen molar-refractivity contribution in [1.82, 2.24) is 20.4 Å². The molecule has 4 fully saturated rings. The number of benzene rings is 1. The maximum absolute atomic E-state index is 13.5. The molecule has 7 rings (SSSR count). The molecule has 3 heterocycles. The average molecular weight is 436 g/mol. The number of carbonyl (C=O) groups is 1. The summed E-state index contributed by atoms with van der Waals surface area (Å²) >= 11 is 0. The van der Waals surface area contributed by atoms with Gasteiger partial charge >= 0.3 is 6.03 Å². The summed E-state index contributed by atoms with van der Waals surface area (Å²) in [6, 6.07) is 10.7. The Balaban J connectivity index is 1.31. The first-order valence-electron chi connectivity index (χ1n) is 12.2. The molecule has 7 heteroatoms. The first kappa shape index (κ1) is 20.1. The second-order valence-electron chi connectivity index (χ2n) is 10.4. The van der Waals surface area contributed by atoms with Crippen molar-refractivity contribution in [2.45, 2.75) is 76.1 Å². The highest BCUT2D eigenvalue weighted by Gasteiger charge is 2.54. The van der Waals surface area contributed by atoms with Gasteiger partial charge in [-0.2, -0.15) is 0 Å². The summed E-state index contributed by atoms with van der Waals surface area (Å²) in [4.78, 5) is 22.5. The highest BCUT2D eigenvalue weighted by molar-refractivity contribution is 5.94. The zero-order valence-electron chi connectivity index (χ0n) is 18.8. The summed E-state index contributed by atoms with van der Waals surface area (Å²) in [5, 5.41) is 18.0. The van der Waals surface area contributed by atoms with Gasteiger partial charge in [-0.25, -0.2) is 9.79 Å². The minimum absolute atomic E-state index is 0.0171. The molecule has 0 spiro atoms. The Morgan fingerprint density at radius 1 is 1.12 bits per heavy atom. The van der Waals surface area contributed by atoms with E-state index in [1.165, 1.54) is 5.56 Å². The third-order valence-electron chi connectivity index (χ3n) is 8.30. The monoisotopic (exact) mass is 435 g/mol. The number of urea groups is 1. The number of amidine groups is 1. The Morgan fingerprint density at radius 2 is 1.84 bits per heavy atom. The van der Waals surface area contributed by atoms with Crippen LogP contribution in [0.5, 0.6) is 0 Å². The predicted octanol–water partition coefficient (Wildman–Crippen LogP) is 2.93. The van der Waals surface area contributed by atoms with Crippen LogP contribution in [0.4, 0.5) is 4.79 Å². The number of hydrogen-bond donors (Lipinski definition) is 3. The Bertz CT molecular complexity index is 963. The Labute approximate surface area is 189 Å². The smallest absolute Gasteiger partial charge is 0.327 e. The van der Waals surface area contributed by atoms with Gasteiger partial charge in [0, 0.05) is 24.5 Å². The van der Waals surface area contributed by atoms with E-state index in [-0.39, 0.29) is 23.7 Å². The molecule has 1 aromatic rings. The van der Waals surface area contributed by atoms with Crippen LogP contribution >= 0.6 is 0 Å². The van der Waals surface area contributed by atoms with Crippen molar-refractivity contribution in [3.8, 4) is 0 Å². The summed E-state index contributed by atoms with van der Waals surface area (Å²) < 4.78 is 0. The third-order valence-corrected chi connectivity index (χ3v) is 8.30. The van der Waals surface area contributed by atoms with Crippen LogP contribution in [0.15, 0.2) is 46.8 Å². The molecule has 0 radical (unpaired) electrons. The van der Waals surface area contributed by atoms with Crippen molar-refractivity contribution < 1.29 is 9.90 Å². The fraction of sp³-hybridized carbons (Fsp3) is 0.600. The Morgan fingerprint density at radius 3 is 2.53 bits per heavy atom. The van der Waals surface area contributed by atoms with Gasteiger partial charge in [0.05, 0.1) is 5.60 Å². The van der Waals surface area contributed by atoms with Crippen LogP contribution in [-0.2, 0) is 6.42 Å². The van der Waals surface area contributed by atoms with Crippen LogP contribution in [0.3, 0.4) is 0 Å². The molecular weight excluding hydrogens is 402 g/mol. The molecule has 3 aliphatic heterocycles. The summed E-state index contributed by atoms with van der Waals surface area (Å²) in [6.07, 6.45) is 7.00. The van der Waals surface area contributed by atoms with Crippen LogP contribution in [-0.4, -0.2) is 57.7 Å². The molecule has 32 heavy (non-hydrogen) atoms. The number of nitrogens with one attached hydrogen (secondary N) is 2. The number of rotatable bonds is 5. The van der Waals surface area contributed by atoms with Crippen molar-refractivity contribution in [2.75, 3.05) is 13.1 Å². The quantitative estimate of drug-likeness (QED) is 0.664. The molecule has 1 unspecified atom stereocenters. The van der Waals surface area contributed by atoms with Crippen molar-refractivity contribution >= 4 is 11.9 Å². The van der Waals surface area contributed by atoms with Gasteiger partial charge in [-0.05, 0) is 56.9 Å². The van der Waals surface area contributed by atoms with Crippen LogP contribution < -0.4 is 10.6 Å². The van der Waals surface area contributed by atoms with E-state index >= 15 is 0 Å². The van der Waals surface area contributed by atoms with Crippen molar-refractivity contribution in [1.29, 1.82) is 0 Å². The number of hydrogen-bond acceptors (Lipinski definition) is 5. The molecule has 3 saturated carbocycles. The molecule has 170 valence electrons. The van der Waals surface area contributed by atoms with E-state index in [9.17, 15) is 9.90 Å². The number of aliphatic imine (C=N–C) groups is 1. The minimum Gasteiger partial charge on any atom is -0.390 e. The number of aliphatic hydroxyl groups is 1. The van der Waals surface area contributed by atoms with Crippen molar-refractivity contribution in [2.24, 2.45) is 10.4 Å². The second-order valence-corrected chi connectivity index (χ2v) is 10.4. The lowest BCUT2D eigenvalue weighted by Gasteiger charge is -2.50. The average Bonchev–Trinajstić information content (AvgIpc) is 3.43. The van der Waals surface area contributed by atoms with Crippen molar-refractivity contribution in [3.63, 3.8) is 0 Å². The Hall–Kier alpha value is -2.54. The van der Waals surface area contributed by atoms with E-state index in [0.29, 0.717) is 13.1 Å². The fourth-order valence-corrected chi connectivity index (χ4v) is 6.37. The highest BCUT2D eigenvalue weighted by Crippen LogP contribution is 2.53. The van der Waals surface area contributed by atoms with E-state index in [1.807, 2.05) is 15.9 Å². The molecule has 2 atom stereocenters. The summed E-state index contributed by atoms with van der Waals surface area (Å²) in [5.41, 5.74) is 1.86. The molecule has 2 bridgehead atoms. The second kappa shape index (κ2) is 7.24. The number of nitrogens with zero attached hydrogens (tertiary/aromatic N) is 3. The largest absolute Gasteiger partial charge is 0.390 e. The van der Waals surface area contributed by atoms with Crippen LogP contribution in [0.25, 0.3) is 0 Å². The van der Waals surface area contributed by atoms with E-state index in [4.69, 9.17) is 4.99 Å². The lowest BCUT2D eigenvalue weighted by atomic mass is 9.58. The summed E-state index contributed by atoms with van der Waals surface area (Å²) in [5.74, 6) is 1.95. The molecule has 0 aromatic heterocycles. The SMILES string of the molecule is CCCN1C(=O)N2C[C@@H](Cc3ccccc3)NC2=C2NC(C34CCC(O)(CC3)CC4)=NC21. The molecule has 7 nitrogen and oxygen atoms in total. The molecule has 6 aliphatic rings. The van der Waals surface area contributed by atoms with Crippen LogP contribution in [0, 0.1) is 5.41 Å². The van der Waals surface area contributed by atoms with Gasteiger partial charge in [0.1, 0.15) is 17.4 Å². The van der Waals surface area contributed by atoms with Crippen LogP contribution in [0.2, 0.25) is 0 Å². The lowest BCUT2D eigenvalue weighted by molar-refractivity contribution is -0.0705. The maximum atomic E-state index is 13.5. The molecule has 3 aliphatic carbocycles. The molecule has 1 saturated heterocycles. The summed E-state index contributed by atoms with van der Waals surface area (Å²) in [6.45, 7) is 3.49. The van der Waals surface area contributed by atoms with E-state index in [1.54, 1.807) is 0 Å². The van der Waals surface area contributed by atoms with Gasteiger partial charge in [0.15, 0.2) is 6.17 Å². The van der Waals surface area contributed by atoms with E-state index in [2.05, 4.69) is 41.8 Å². The first-order valence-corrected chi connectivity index (χ1v) is 12.2. The van der Waals surface area contributed by atoms with Crippen molar-refractivity contribution in [3.05, 3.63) is 47.4 Å². The summed E-state index contributed by atoms with van der Waals surface area (Å²) in [7, 11) is 0. The molecular formula is C25H33N5O2. The maximum Gasteiger partial charge on any atom is 0.327 e. The van der Waals surface area contributed by atoms with E-state index < -0.39 is 5.60 Å². The highest BCUT2D eigenvalue weighted by atomic mass is 16.3. The Kier molecular flexibility index (Phi) is 4.54. The standard InChI is InChI=1S/C25H33N5O2/c1-2-14-29-21-19(27-22(28-21)24-8-11-25(32,12-9-24)13-10-24)20-26-18(16-30(20)23(29)31)15-17-6-4-3-5-7-17/h3-7,18,21,26,32H,2,8-16H2,1H3,(H,27,28)/t18-,21?,24?,25?/m1/s1. The minimum atomic E-state index is -0.464. The van der Waals surface area contributed by atoms with Gasteiger partial charge in [0.2, 0.25) is 0 Å². The fourth-order valence-electron chi connectivity index (χ4n) is 6.37. The lowest BCUT2D eigenvalue weighted by Crippen LogP contribution is -2.54. The topological polar surface area (TPSA) is 80.2 Å². The number of amides is 2. The number of fused-ring (bicyclic) bond motifs is 5. The third kappa shape index (κ3) is 3.04. The molecule has 2 amide bonds. The van der Waals surface area contributed by atoms with Gasteiger partial charge < -0.3 is 15.7 Å². The van der Waals surface area contributed by atoms with Gasteiger partial charge in [-0.15, -0.1) is 0 Å². The van der Waals surface area contributed by atoms with Gasteiger partial charge in [-0.1, -0.05) is 37.3 Å². The van der Waals surface area contributed by atoms with Gasteiger partial charge in [0.25, 0.3) is 0 Å². The zero-order chi connectivity index (χ0) is 21.9. The zero-order valence-corrected chi connectivity index (χ0v) is 18.8. The van der Waals surface area contributed by atoms with Crippen LogP contribution in [0.1, 0.15) is 57.4 Å². The first-order chi connectivity index (χ1) is 15.5. The predicted molar refractivity (Wildman–Crippen MR) is 123 cm³/mol. The molecule has 3 N–H and O–H groups in total. The number of carbonyl (C=O) groups excluding carboxylic acids is 1. The normalized spacial score (nSPS) is 35.4.